The molecule has 0 aliphatic carbocycles. The molecule has 18 heavy (non-hydrogen) atoms. The Morgan fingerprint density at radius 1 is 1.56 bits per heavy atom. The number of oxazole rings is 1. The number of benzene rings is 1. The zero-order valence-corrected chi connectivity index (χ0v) is 10.2. The van der Waals surface area contributed by atoms with E-state index >= 15 is 0 Å². The first-order chi connectivity index (χ1) is 8.60. The molecule has 1 aliphatic heterocycles. The summed E-state index contributed by atoms with van der Waals surface area (Å²) in [6.45, 7) is 3.02. The monoisotopic (exact) mass is 245 g/mol. The molecule has 0 saturated carbocycles. The van der Waals surface area contributed by atoms with Crippen LogP contribution in [-0.2, 0) is 5.54 Å². The van der Waals surface area contributed by atoms with Crippen molar-refractivity contribution in [3.63, 3.8) is 0 Å². The van der Waals surface area contributed by atoms with Gasteiger partial charge in [0.2, 0.25) is 5.89 Å². The number of nitrogens with zero attached hydrogens (tertiary/aromatic N) is 1. The van der Waals surface area contributed by atoms with Crippen molar-refractivity contribution in [3.8, 4) is 0 Å². The van der Waals surface area contributed by atoms with Crippen LogP contribution in [0.3, 0.4) is 0 Å². The lowest BCUT2D eigenvalue weighted by atomic mass is 10.0. The van der Waals surface area contributed by atoms with Gasteiger partial charge in [0, 0.05) is 0 Å². The Morgan fingerprint density at radius 2 is 2.39 bits per heavy atom. The molecule has 5 heteroatoms. The summed E-state index contributed by atoms with van der Waals surface area (Å²) in [7, 11) is 0. The fourth-order valence-electron chi connectivity index (χ4n) is 2.46. The van der Waals surface area contributed by atoms with E-state index in [1.807, 2.05) is 0 Å². The van der Waals surface area contributed by atoms with E-state index < -0.39 is 5.91 Å². The largest absolute Gasteiger partial charge is 0.439 e. The van der Waals surface area contributed by atoms with Crippen LogP contribution in [0.1, 0.15) is 36.0 Å². The SMILES string of the molecule is CC1(c2nc3c(C(N)=O)cccc3o2)CCCN1. The van der Waals surface area contributed by atoms with Gasteiger partial charge in [-0.25, -0.2) is 4.98 Å². The third-order valence-corrected chi connectivity index (χ3v) is 3.53. The molecule has 1 atom stereocenters. The normalized spacial score (nSPS) is 23.6. The van der Waals surface area contributed by atoms with Crippen LogP contribution in [0.2, 0.25) is 0 Å². The number of rotatable bonds is 2. The maximum Gasteiger partial charge on any atom is 0.251 e. The first-order valence-electron chi connectivity index (χ1n) is 6.05. The summed E-state index contributed by atoms with van der Waals surface area (Å²) >= 11 is 0. The highest BCUT2D eigenvalue weighted by molar-refractivity contribution is 6.03. The van der Waals surface area contributed by atoms with E-state index in [4.69, 9.17) is 10.2 Å². The molecule has 0 bridgehead atoms. The lowest BCUT2D eigenvalue weighted by molar-refractivity contribution is 0.100. The number of aromatic nitrogens is 1. The number of carbonyl (C=O) groups is 1. The smallest absolute Gasteiger partial charge is 0.251 e. The summed E-state index contributed by atoms with van der Waals surface area (Å²) in [4.78, 5) is 15.8. The van der Waals surface area contributed by atoms with Crippen molar-refractivity contribution in [2.45, 2.75) is 25.3 Å². The average molecular weight is 245 g/mol. The molecule has 2 heterocycles. The molecule has 3 rings (SSSR count). The van der Waals surface area contributed by atoms with Gasteiger partial charge in [-0.15, -0.1) is 0 Å². The lowest BCUT2D eigenvalue weighted by Crippen LogP contribution is -2.33. The summed E-state index contributed by atoms with van der Waals surface area (Å²) in [6, 6.07) is 5.22. The standard InChI is InChI=1S/C13H15N3O2/c1-13(6-3-7-15-13)12-16-10-8(11(14)17)4-2-5-9(10)18-12/h2,4-5,15H,3,6-7H2,1H3,(H2,14,17). The number of nitrogens with one attached hydrogen (secondary N) is 1. The molecule has 1 aliphatic rings. The van der Waals surface area contributed by atoms with Gasteiger partial charge in [-0.3, -0.25) is 4.79 Å². The average Bonchev–Trinajstić information content (AvgIpc) is 2.94. The highest BCUT2D eigenvalue weighted by Gasteiger charge is 2.35. The summed E-state index contributed by atoms with van der Waals surface area (Å²) in [6.07, 6.45) is 2.07. The Bertz CT molecular complexity index is 612. The van der Waals surface area contributed by atoms with Crippen molar-refractivity contribution in [2.75, 3.05) is 6.54 Å². The Balaban J connectivity index is 2.16. The highest BCUT2D eigenvalue weighted by atomic mass is 16.4. The van der Waals surface area contributed by atoms with Crippen LogP contribution >= 0.6 is 0 Å². The first-order valence-corrected chi connectivity index (χ1v) is 6.05. The van der Waals surface area contributed by atoms with Gasteiger partial charge in [0.25, 0.3) is 5.91 Å². The van der Waals surface area contributed by atoms with E-state index in [2.05, 4.69) is 17.2 Å². The number of nitrogens with two attached hydrogens (primary N) is 1. The number of amides is 1. The van der Waals surface area contributed by atoms with Gasteiger partial charge in [-0.1, -0.05) is 6.07 Å². The molecule has 2 aromatic rings. The van der Waals surface area contributed by atoms with Gasteiger partial charge in [0.05, 0.1) is 11.1 Å². The molecule has 1 aromatic heterocycles. The topological polar surface area (TPSA) is 81.2 Å². The Hall–Kier alpha value is -1.88. The molecule has 3 N–H and O–H groups in total. The summed E-state index contributed by atoms with van der Waals surface area (Å²) in [5, 5.41) is 3.39. The minimum Gasteiger partial charge on any atom is -0.439 e. The number of primary amides is 1. The number of carbonyl (C=O) groups excluding carboxylic acids is 1. The second kappa shape index (κ2) is 3.81. The maximum atomic E-state index is 11.4. The number of hydrogen-bond donors (Lipinski definition) is 2. The minimum absolute atomic E-state index is 0.242. The molecular formula is C13H15N3O2. The molecular weight excluding hydrogens is 230 g/mol. The Morgan fingerprint density at radius 3 is 3.06 bits per heavy atom. The van der Waals surface area contributed by atoms with Gasteiger partial charge in [0.1, 0.15) is 5.52 Å². The minimum atomic E-state index is -0.481. The van der Waals surface area contributed by atoms with Crippen LogP contribution in [0.5, 0.6) is 0 Å². The summed E-state index contributed by atoms with van der Waals surface area (Å²) < 4.78 is 5.76. The van der Waals surface area contributed by atoms with Crippen molar-refractivity contribution in [1.82, 2.24) is 10.3 Å². The second-order valence-corrected chi connectivity index (χ2v) is 4.90. The molecule has 0 spiro atoms. The van der Waals surface area contributed by atoms with Crippen LogP contribution in [0.15, 0.2) is 22.6 Å². The van der Waals surface area contributed by atoms with E-state index in [-0.39, 0.29) is 5.54 Å². The fraction of sp³-hybridized carbons (Fsp3) is 0.385. The molecule has 0 radical (unpaired) electrons. The van der Waals surface area contributed by atoms with Crippen molar-refractivity contribution >= 4 is 17.0 Å². The summed E-state index contributed by atoms with van der Waals surface area (Å²) in [5.41, 5.74) is 6.66. The van der Waals surface area contributed by atoms with Gasteiger partial charge in [-0.2, -0.15) is 0 Å². The van der Waals surface area contributed by atoms with Crippen LogP contribution in [0.25, 0.3) is 11.1 Å². The van der Waals surface area contributed by atoms with Crippen molar-refractivity contribution in [3.05, 3.63) is 29.7 Å². The highest BCUT2D eigenvalue weighted by Crippen LogP contribution is 2.32. The van der Waals surface area contributed by atoms with E-state index in [1.54, 1.807) is 18.2 Å². The third-order valence-electron chi connectivity index (χ3n) is 3.53. The molecule has 94 valence electrons. The van der Waals surface area contributed by atoms with Gasteiger partial charge in [-0.05, 0) is 38.4 Å². The van der Waals surface area contributed by atoms with E-state index in [0.717, 1.165) is 19.4 Å². The zero-order chi connectivity index (χ0) is 12.8. The molecule has 1 fully saturated rings. The molecule has 1 saturated heterocycles. The summed E-state index contributed by atoms with van der Waals surface area (Å²) in [5.74, 6) is 0.147. The van der Waals surface area contributed by atoms with Crippen LogP contribution in [-0.4, -0.2) is 17.4 Å². The second-order valence-electron chi connectivity index (χ2n) is 4.90. The van der Waals surface area contributed by atoms with Gasteiger partial charge in [0.15, 0.2) is 5.58 Å². The van der Waals surface area contributed by atoms with Crippen LogP contribution in [0, 0.1) is 0 Å². The van der Waals surface area contributed by atoms with E-state index in [1.165, 1.54) is 0 Å². The molecule has 1 unspecified atom stereocenters. The number of hydrogen-bond acceptors (Lipinski definition) is 4. The first kappa shape index (κ1) is 11.2. The lowest BCUT2D eigenvalue weighted by Gasteiger charge is -2.19. The third kappa shape index (κ3) is 1.59. The molecule has 1 aromatic carbocycles. The quantitative estimate of drug-likeness (QED) is 0.840. The molecule has 5 nitrogen and oxygen atoms in total. The van der Waals surface area contributed by atoms with Crippen LogP contribution in [0.4, 0.5) is 0 Å². The van der Waals surface area contributed by atoms with E-state index in [9.17, 15) is 4.79 Å². The van der Waals surface area contributed by atoms with Gasteiger partial charge >= 0.3 is 0 Å². The Labute approximate surface area is 104 Å². The van der Waals surface area contributed by atoms with Crippen molar-refractivity contribution < 1.29 is 9.21 Å². The maximum absolute atomic E-state index is 11.4. The zero-order valence-electron chi connectivity index (χ0n) is 10.2. The van der Waals surface area contributed by atoms with E-state index in [0.29, 0.717) is 22.6 Å². The van der Waals surface area contributed by atoms with Gasteiger partial charge < -0.3 is 15.5 Å². The predicted molar refractivity (Wildman–Crippen MR) is 67.1 cm³/mol. The number of fused-ring (bicyclic) bond motifs is 1. The van der Waals surface area contributed by atoms with Crippen molar-refractivity contribution in [1.29, 1.82) is 0 Å². The number of para-hydroxylation sites is 1. The Kier molecular flexibility index (Phi) is 2.38. The van der Waals surface area contributed by atoms with Crippen molar-refractivity contribution in [2.24, 2.45) is 5.73 Å². The fourth-order valence-corrected chi connectivity index (χ4v) is 2.46. The van der Waals surface area contributed by atoms with Crippen LogP contribution < -0.4 is 11.1 Å². The predicted octanol–water partition coefficient (Wildman–Crippen LogP) is 1.53. The molecule has 1 amide bonds.